The molecule has 1 atom stereocenters. The smallest absolute Gasteiger partial charge is 0.253 e. The number of aryl methyl sites for hydroxylation is 1. The van der Waals surface area contributed by atoms with E-state index >= 15 is 0 Å². The summed E-state index contributed by atoms with van der Waals surface area (Å²) in [6.45, 7) is 6.42. The van der Waals surface area contributed by atoms with Crippen LogP contribution in [0.4, 0.5) is 5.95 Å². The first-order valence-electron chi connectivity index (χ1n) is 11.6. The number of aromatic nitrogens is 3. The summed E-state index contributed by atoms with van der Waals surface area (Å²) in [5.74, 6) is 0.986. The first-order valence-corrected chi connectivity index (χ1v) is 11.6. The molecule has 33 heavy (non-hydrogen) atoms. The molecule has 2 saturated heterocycles. The van der Waals surface area contributed by atoms with Crippen LogP contribution in [0.5, 0.6) is 0 Å². The van der Waals surface area contributed by atoms with E-state index in [-0.39, 0.29) is 11.8 Å². The van der Waals surface area contributed by atoms with Crippen LogP contribution in [-0.2, 0) is 4.74 Å². The highest BCUT2D eigenvalue weighted by molar-refractivity contribution is 5.94. The fourth-order valence-electron chi connectivity index (χ4n) is 4.63. The SMILES string of the molecule is Cc1ccc(C(=O)N2CCCC(c3nc(N4CCOCC4)ncc3-c3ccncc3)C2)cc1. The maximum atomic E-state index is 13.2. The molecule has 1 amide bonds. The van der Waals surface area contributed by atoms with Gasteiger partial charge < -0.3 is 14.5 Å². The van der Waals surface area contributed by atoms with Crippen molar-refractivity contribution in [1.29, 1.82) is 0 Å². The first-order chi connectivity index (χ1) is 16.2. The van der Waals surface area contributed by atoms with E-state index in [1.165, 1.54) is 0 Å². The van der Waals surface area contributed by atoms with Gasteiger partial charge in [0, 0.05) is 61.8 Å². The minimum Gasteiger partial charge on any atom is -0.378 e. The molecule has 0 N–H and O–H groups in total. The average Bonchev–Trinajstić information content (AvgIpc) is 2.89. The van der Waals surface area contributed by atoms with Crippen molar-refractivity contribution in [3.05, 3.63) is 71.8 Å². The molecule has 0 spiro atoms. The fourth-order valence-corrected chi connectivity index (χ4v) is 4.63. The van der Waals surface area contributed by atoms with E-state index in [2.05, 4.69) is 9.88 Å². The Hall–Kier alpha value is -3.32. The van der Waals surface area contributed by atoms with Gasteiger partial charge in [-0.1, -0.05) is 17.7 Å². The van der Waals surface area contributed by atoms with Gasteiger partial charge in [0.15, 0.2) is 0 Å². The molecule has 3 aromatic rings. The van der Waals surface area contributed by atoms with Gasteiger partial charge in [0.25, 0.3) is 5.91 Å². The van der Waals surface area contributed by atoms with Crippen molar-refractivity contribution in [3.8, 4) is 11.1 Å². The standard InChI is InChI=1S/C26H29N5O2/c1-19-4-6-21(7-5-19)25(32)31-12-2-3-22(18-31)24-23(20-8-10-27-11-9-20)17-28-26(29-24)30-13-15-33-16-14-30/h4-11,17,22H,2-3,12-16,18H2,1H3. The minimum absolute atomic E-state index is 0.0904. The number of pyridine rings is 1. The zero-order valence-electron chi connectivity index (χ0n) is 19.0. The molecule has 1 unspecified atom stereocenters. The summed E-state index contributed by atoms with van der Waals surface area (Å²) in [5, 5.41) is 0. The number of ether oxygens (including phenoxy) is 1. The van der Waals surface area contributed by atoms with Crippen molar-refractivity contribution in [2.24, 2.45) is 0 Å². The van der Waals surface area contributed by atoms with Crippen molar-refractivity contribution < 1.29 is 9.53 Å². The highest BCUT2D eigenvalue weighted by Crippen LogP contribution is 2.34. The van der Waals surface area contributed by atoms with Crippen LogP contribution in [-0.4, -0.2) is 65.2 Å². The molecule has 1 aromatic carbocycles. The Bertz CT molecular complexity index is 1100. The van der Waals surface area contributed by atoms with E-state index in [9.17, 15) is 4.79 Å². The summed E-state index contributed by atoms with van der Waals surface area (Å²) in [6.07, 6.45) is 7.47. The Balaban J connectivity index is 1.46. The summed E-state index contributed by atoms with van der Waals surface area (Å²) in [4.78, 5) is 31.3. The molecule has 7 heteroatoms. The lowest BCUT2D eigenvalue weighted by molar-refractivity contribution is 0.0706. The van der Waals surface area contributed by atoms with Gasteiger partial charge in [0.05, 0.1) is 18.9 Å². The fraction of sp³-hybridized carbons (Fsp3) is 0.385. The molecular weight excluding hydrogens is 414 g/mol. The lowest BCUT2D eigenvalue weighted by atomic mass is 9.90. The number of carbonyl (C=O) groups excluding carboxylic acids is 1. The Morgan fingerprint density at radius 2 is 1.79 bits per heavy atom. The molecule has 7 nitrogen and oxygen atoms in total. The van der Waals surface area contributed by atoms with Crippen molar-refractivity contribution in [1.82, 2.24) is 19.9 Å². The van der Waals surface area contributed by atoms with Crippen LogP contribution in [0.3, 0.4) is 0 Å². The van der Waals surface area contributed by atoms with E-state index in [4.69, 9.17) is 14.7 Å². The molecule has 2 aromatic heterocycles. The number of morpholine rings is 1. The normalized spacial score (nSPS) is 18.9. The average molecular weight is 444 g/mol. The predicted octanol–water partition coefficient (Wildman–Crippen LogP) is 3.70. The summed E-state index contributed by atoms with van der Waals surface area (Å²) in [7, 11) is 0. The van der Waals surface area contributed by atoms with Crippen LogP contribution in [0.25, 0.3) is 11.1 Å². The number of piperidine rings is 1. The van der Waals surface area contributed by atoms with Crippen molar-refractivity contribution >= 4 is 11.9 Å². The van der Waals surface area contributed by atoms with Crippen molar-refractivity contribution in [2.45, 2.75) is 25.7 Å². The van der Waals surface area contributed by atoms with Gasteiger partial charge in [-0.15, -0.1) is 0 Å². The predicted molar refractivity (Wildman–Crippen MR) is 127 cm³/mol. The highest BCUT2D eigenvalue weighted by Gasteiger charge is 2.29. The third-order valence-electron chi connectivity index (χ3n) is 6.48. The molecule has 0 saturated carbocycles. The quantitative estimate of drug-likeness (QED) is 0.612. The van der Waals surface area contributed by atoms with E-state index in [0.717, 1.165) is 66.4 Å². The number of anilines is 1. The molecule has 2 fully saturated rings. The van der Waals surface area contributed by atoms with Gasteiger partial charge >= 0.3 is 0 Å². The second-order valence-electron chi connectivity index (χ2n) is 8.76. The molecule has 170 valence electrons. The van der Waals surface area contributed by atoms with Crippen LogP contribution in [0.15, 0.2) is 55.0 Å². The summed E-state index contributed by atoms with van der Waals surface area (Å²) < 4.78 is 5.50. The Morgan fingerprint density at radius 1 is 1.03 bits per heavy atom. The van der Waals surface area contributed by atoms with E-state index in [1.807, 2.05) is 54.4 Å². The van der Waals surface area contributed by atoms with Crippen LogP contribution in [0.1, 0.15) is 40.4 Å². The molecule has 0 radical (unpaired) electrons. The largest absolute Gasteiger partial charge is 0.378 e. The molecule has 0 bridgehead atoms. The van der Waals surface area contributed by atoms with E-state index < -0.39 is 0 Å². The molecule has 5 rings (SSSR count). The maximum absolute atomic E-state index is 13.2. The molecule has 4 heterocycles. The third kappa shape index (κ3) is 4.73. The monoisotopic (exact) mass is 443 g/mol. The Kier molecular flexibility index (Phi) is 6.30. The number of amides is 1. The van der Waals surface area contributed by atoms with Gasteiger partial charge in [-0.2, -0.15) is 0 Å². The number of hydrogen-bond acceptors (Lipinski definition) is 6. The number of nitrogens with zero attached hydrogens (tertiary/aromatic N) is 5. The summed E-state index contributed by atoms with van der Waals surface area (Å²) in [5.41, 5.74) is 4.98. The van der Waals surface area contributed by atoms with Crippen LogP contribution in [0, 0.1) is 6.92 Å². The van der Waals surface area contributed by atoms with Gasteiger partial charge in [-0.3, -0.25) is 9.78 Å². The van der Waals surface area contributed by atoms with Gasteiger partial charge in [0.1, 0.15) is 0 Å². The van der Waals surface area contributed by atoms with E-state index in [1.54, 1.807) is 12.4 Å². The molecule has 2 aliphatic heterocycles. The lowest BCUT2D eigenvalue weighted by Gasteiger charge is -2.34. The summed E-state index contributed by atoms with van der Waals surface area (Å²) in [6, 6.07) is 11.8. The number of rotatable bonds is 4. The van der Waals surface area contributed by atoms with E-state index in [0.29, 0.717) is 19.8 Å². The number of benzene rings is 1. The molecule has 2 aliphatic rings. The van der Waals surface area contributed by atoms with Crippen LogP contribution >= 0.6 is 0 Å². The third-order valence-corrected chi connectivity index (χ3v) is 6.48. The number of carbonyl (C=O) groups is 1. The minimum atomic E-state index is 0.0904. The lowest BCUT2D eigenvalue weighted by Crippen LogP contribution is -2.40. The number of hydrogen-bond donors (Lipinski definition) is 0. The highest BCUT2D eigenvalue weighted by atomic mass is 16.5. The first kappa shape index (κ1) is 21.5. The summed E-state index contributed by atoms with van der Waals surface area (Å²) >= 11 is 0. The molecular formula is C26H29N5O2. The van der Waals surface area contributed by atoms with Crippen molar-refractivity contribution in [3.63, 3.8) is 0 Å². The maximum Gasteiger partial charge on any atom is 0.253 e. The van der Waals surface area contributed by atoms with Crippen molar-refractivity contribution in [2.75, 3.05) is 44.3 Å². The van der Waals surface area contributed by atoms with Crippen LogP contribution in [0.2, 0.25) is 0 Å². The second kappa shape index (κ2) is 9.67. The topological polar surface area (TPSA) is 71.5 Å². The van der Waals surface area contributed by atoms with Gasteiger partial charge in [-0.05, 0) is 49.6 Å². The Morgan fingerprint density at radius 3 is 2.55 bits per heavy atom. The zero-order chi connectivity index (χ0) is 22.6. The molecule has 0 aliphatic carbocycles. The second-order valence-corrected chi connectivity index (χ2v) is 8.76. The number of likely N-dealkylation sites (tertiary alicyclic amines) is 1. The van der Waals surface area contributed by atoms with Crippen LogP contribution < -0.4 is 4.90 Å². The Labute approximate surface area is 194 Å². The zero-order valence-corrected chi connectivity index (χ0v) is 19.0. The van der Waals surface area contributed by atoms with Gasteiger partial charge in [-0.25, -0.2) is 9.97 Å². The van der Waals surface area contributed by atoms with Gasteiger partial charge in [0.2, 0.25) is 5.95 Å².